The topological polar surface area (TPSA) is 40.6 Å². The van der Waals surface area contributed by atoms with Gasteiger partial charge in [0, 0.05) is 36.7 Å². The van der Waals surface area contributed by atoms with E-state index in [2.05, 4.69) is 15.9 Å². The van der Waals surface area contributed by atoms with E-state index in [0.717, 1.165) is 54.4 Å². The lowest BCUT2D eigenvalue weighted by atomic mass is 10.1. The Hall–Kier alpha value is -2.14. The molecular formula is C23H27BrN2O2. The molecule has 5 heteroatoms. The molecule has 2 aromatic carbocycles. The standard InChI is InChI=1S/C23H27BrN2O2/c1-18(27)26-16-10-4-2-3-9-15-25(17-19-11-5-8-14-22(19)26)23(28)20-12-6-7-13-21(20)24/h5-8,11-14H,2-4,9-10,15-17H2,1H3. The van der Waals surface area contributed by atoms with Crippen LogP contribution in [0.2, 0.25) is 0 Å². The number of halogens is 1. The summed E-state index contributed by atoms with van der Waals surface area (Å²) >= 11 is 3.51. The minimum Gasteiger partial charge on any atom is -0.334 e. The Morgan fingerprint density at radius 1 is 0.857 bits per heavy atom. The van der Waals surface area contributed by atoms with Gasteiger partial charge in [0.25, 0.3) is 5.91 Å². The third-order valence-electron chi connectivity index (χ3n) is 5.22. The first-order chi connectivity index (χ1) is 13.6. The molecule has 4 nitrogen and oxygen atoms in total. The normalized spacial score (nSPS) is 15.9. The van der Waals surface area contributed by atoms with E-state index >= 15 is 0 Å². The van der Waals surface area contributed by atoms with Gasteiger partial charge in [-0.2, -0.15) is 0 Å². The molecule has 2 aromatic rings. The van der Waals surface area contributed by atoms with Crippen LogP contribution in [0.4, 0.5) is 5.69 Å². The van der Waals surface area contributed by atoms with Crippen molar-refractivity contribution in [2.75, 3.05) is 18.0 Å². The third-order valence-corrected chi connectivity index (χ3v) is 5.92. The molecule has 1 aliphatic heterocycles. The van der Waals surface area contributed by atoms with E-state index in [1.54, 1.807) is 6.92 Å². The highest BCUT2D eigenvalue weighted by Gasteiger charge is 2.22. The first-order valence-corrected chi connectivity index (χ1v) is 10.8. The Morgan fingerprint density at radius 3 is 2.25 bits per heavy atom. The molecule has 0 aromatic heterocycles. The molecule has 0 fully saturated rings. The lowest BCUT2D eigenvalue weighted by Gasteiger charge is -2.29. The molecule has 3 rings (SSSR count). The van der Waals surface area contributed by atoms with Crippen molar-refractivity contribution < 1.29 is 9.59 Å². The molecular weight excluding hydrogens is 416 g/mol. The second-order valence-corrected chi connectivity index (χ2v) is 8.13. The van der Waals surface area contributed by atoms with E-state index < -0.39 is 0 Å². The Balaban J connectivity index is 1.95. The number of para-hydroxylation sites is 1. The zero-order valence-corrected chi connectivity index (χ0v) is 18.0. The second kappa shape index (κ2) is 9.87. The van der Waals surface area contributed by atoms with Gasteiger partial charge >= 0.3 is 0 Å². The van der Waals surface area contributed by atoms with Gasteiger partial charge < -0.3 is 9.80 Å². The van der Waals surface area contributed by atoms with E-state index in [9.17, 15) is 9.59 Å². The zero-order chi connectivity index (χ0) is 19.9. The van der Waals surface area contributed by atoms with Crippen molar-refractivity contribution in [1.29, 1.82) is 0 Å². The molecule has 0 saturated heterocycles. The fourth-order valence-electron chi connectivity index (χ4n) is 3.72. The maximum Gasteiger partial charge on any atom is 0.255 e. The van der Waals surface area contributed by atoms with Crippen LogP contribution in [0.3, 0.4) is 0 Å². The molecule has 0 unspecified atom stereocenters. The Morgan fingerprint density at radius 2 is 1.50 bits per heavy atom. The minimum atomic E-state index is 0.0220. The fourth-order valence-corrected chi connectivity index (χ4v) is 4.18. The van der Waals surface area contributed by atoms with Crippen molar-refractivity contribution in [1.82, 2.24) is 4.90 Å². The Labute approximate surface area is 175 Å². The highest BCUT2D eigenvalue weighted by molar-refractivity contribution is 9.10. The average Bonchev–Trinajstić information content (AvgIpc) is 2.68. The maximum atomic E-state index is 13.3. The quantitative estimate of drug-likeness (QED) is 0.592. The van der Waals surface area contributed by atoms with Gasteiger partial charge in [-0.15, -0.1) is 0 Å². The van der Waals surface area contributed by atoms with Crippen LogP contribution < -0.4 is 4.90 Å². The van der Waals surface area contributed by atoms with Crippen molar-refractivity contribution >= 4 is 33.4 Å². The summed E-state index contributed by atoms with van der Waals surface area (Å²) in [5.41, 5.74) is 2.61. The molecule has 0 atom stereocenters. The van der Waals surface area contributed by atoms with Gasteiger partial charge in [-0.3, -0.25) is 9.59 Å². The van der Waals surface area contributed by atoms with E-state index in [-0.39, 0.29) is 11.8 Å². The summed E-state index contributed by atoms with van der Waals surface area (Å²) in [6.45, 7) is 3.56. The van der Waals surface area contributed by atoms with Crippen LogP contribution in [0, 0.1) is 0 Å². The number of hydrogen-bond donors (Lipinski definition) is 0. The molecule has 1 heterocycles. The summed E-state index contributed by atoms with van der Waals surface area (Å²) in [5.74, 6) is 0.0712. The molecule has 0 spiro atoms. The molecule has 0 aliphatic carbocycles. The number of benzene rings is 2. The molecule has 0 bridgehead atoms. The maximum absolute atomic E-state index is 13.3. The number of carbonyl (C=O) groups excluding carboxylic acids is 2. The molecule has 28 heavy (non-hydrogen) atoms. The number of anilines is 1. The number of fused-ring (bicyclic) bond motifs is 1. The van der Waals surface area contributed by atoms with Gasteiger partial charge in [0.2, 0.25) is 5.91 Å². The molecule has 0 radical (unpaired) electrons. The summed E-state index contributed by atoms with van der Waals surface area (Å²) < 4.78 is 0.810. The van der Waals surface area contributed by atoms with Crippen LogP contribution in [0.1, 0.15) is 54.9 Å². The Bertz CT molecular complexity index is 837. The van der Waals surface area contributed by atoms with Crippen LogP contribution in [0.15, 0.2) is 53.0 Å². The third kappa shape index (κ3) is 5.02. The lowest BCUT2D eigenvalue weighted by molar-refractivity contribution is -0.116. The summed E-state index contributed by atoms with van der Waals surface area (Å²) in [6, 6.07) is 15.5. The molecule has 2 amide bonds. The number of hydrogen-bond acceptors (Lipinski definition) is 2. The number of amides is 2. The van der Waals surface area contributed by atoms with Crippen molar-refractivity contribution in [2.45, 2.75) is 45.6 Å². The zero-order valence-electron chi connectivity index (χ0n) is 16.4. The average molecular weight is 443 g/mol. The van der Waals surface area contributed by atoms with E-state index in [1.807, 2.05) is 58.3 Å². The molecule has 0 N–H and O–H groups in total. The summed E-state index contributed by atoms with van der Waals surface area (Å²) in [6.07, 6.45) is 5.33. The van der Waals surface area contributed by atoms with E-state index in [0.29, 0.717) is 18.7 Å². The fraction of sp³-hybridized carbons (Fsp3) is 0.391. The SMILES string of the molecule is CC(=O)N1CCCCCCCN(C(=O)c2ccccc2Br)Cc2ccccc21. The van der Waals surface area contributed by atoms with Crippen LogP contribution >= 0.6 is 15.9 Å². The smallest absolute Gasteiger partial charge is 0.255 e. The van der Waals surface area contributed by atoms with Gasteiger partial charge in [-0.1, -0.05) is 49.6 Å². The molecule has 1 aliphatic rings. The summed E-state index contributed by atoms with van der Waals surface area (Å²) in [7, 11) is 0. The highest BCUT2D eigenvalue weighted by atomic mass is 79.9. The predicted octanol–water partition coefficient (Wildman–Crippen LogP) is 5.41. The highest BCUT2D eigenvalue weighted by Crippen LogP contribution is 2.26. The van der Waals surface area contributed by atoms with Gasteiger partial charge in [-0.05, 0) is 52.5 Å². The largest absolute Gasteiger partial charge is 0.334 e. The van der Waals surface area contributed by atoms with Gasteiger partial charge in [0.1, 0.15) is 0 Å². The summed E-state index contributed by atoms with van der Waals surface area (Å²) in [4.78, 5) is 29.4. The molecule has 0 saturated carbocycles. The number of nitrogens with zero attached hydrogens (tertiary/aromatic N) is 2. The van der Waals surface area contributed by atoms with Crippen molar-refractivity contribution in [2.24, 2.45) is 0 Å². The van der Waals surface area contributed by atoms with Gasteiger partial charge in [-0.25, -0.2) is 0 Å². The van der Waals surface area contributed by atoms with Crippen molar-refractivity contribution in [3.05, 3.63) is 64.1 Å². The van der Waals surface area contributed by atoms with Gasteiger partial charge in [0.05, 0.1) is 5.56 Å². The minimum absolute atomic E-state index is 0.0220. The van der Waals surface area contributed by atoms with Crippen LogP contribution in [-0.2, 0) is 11.3 Å². The van der Waals surface area contributed by atoms with E-state index in [4.69, 9.17) is 0 Å². The van der Waals surface area contributed by atoms with Crippen molar-refractivity contribution in [3.8, 4) is 0 Å². The summed E-state index contributed by atoms with van der Waals surface area (Å²) in [5, 5.41) is 0. The second-order valence-electron chi connectivity index (χ2n) is 7.27. The van der Waals surface area contributed by atoms with Crippen LogP contribution in [0.5, 0.6) is 0 Å². The van der Waals surface area contributed by atoms with Crippen molar-refractivity contribution in [3.63, 3.8) is 0 Å². The first kappa shape index (κ1) is 20.6. The first-order valence-electron chi connectivity index (χ1n) is 9.97. The predicted molar refractivity (Wildman–Crippen MR) is 116 cm³/mol. The number of carbonyl (C=O) groups is 2. The molecule has 148 valence electrons. The van der Waals surface area contributed by atoms with Crippen LogP contribution in [0.25, 0.3) is 0 Å². The Kier molecular flexibility index (Phi) is 7.26. The van der Waals surface area contributed by atoms with Crippen LogP contribution in [-0.4, -0.2) is 29.8 Å². The lowest BCUT2D eigenvalue weighted by Crippen LogP contribution is -2.35. The number of rotatable bonds is 1. The monoisotopic (exact) mass is 442 g/mol. The van der Waals surface area contributed by atoms with E-state index in [1.165, 1.54) is 0 Å². The van der Waals surface area contributed by atoms with Gasteiger partial charge in [0.15, 0.2) is 0 Å².